The summed E-state index contributed by atoms with van der Waals surface area (Å²) in [6.45, 7) is 8.38. The topological polar surface area (TPSA) is 89.0 Å². The molecule has 0 atom stereocenters. The third-order valence-corrected chi connectivity index (χ3v) is 5.84. The SMILES string of the molecule is CC1(C)C(Oc2ccc(C#N)c(Cl)c2)C(C)(C)C1c1ncccc1C(N)=O. The zero-order valence-corrected chi connectivity index (χ0v) is 16.5. The second-order valence-corrected chi connectivity index (χ2v) is 8.53. The molecular weight excluding hydrogens is 362 g/mol. The summed E-state index contributed by atoms with van der Waals surface area (Å²) in [5.74, 6) is 0.125. The van der Waals surface area contributed by atoms with Crippen molar-refractivity contribution in [3.05, 3.63) is 58.4 Å². The highest BCUT2D eigenvalue weighted by molar-refractivity contribution is 6.31. The molecule has 1 aromatic heterocycles. The molecule has 0 saturated heterocycles. The van der Waals surface area contributed by atoms with Crippen LogP contribution >= 0.6 is 11.6 Å². The van der Waals surface area contributed by atoms with Crippen molar-refractivity contribution >= 4 is 17.5 Å². The molecule has 5 nitrogen and oxygen atoms in total. The first-order valence-electron chi connectivity index (χ1n) is 8.71. The zero-order valence-electron chi connectivity index (χ0n) is 15.8. The van der Waals surface area contributed by atoms with E-state index >= 15 is 0 Å². The number of nitrogens with zero attached hydrogens (tertiary/aromatic N) is 2. The summed E-state index contributed by atoms with van der Waals surface area (Å²) in [4.78, 5) is 16.3. The zero-order chi connectivity index (χ0) is 20.0. The minimum atomic E-state index is -0.479. The van der Waals surface area contributed by atoms with Crippen LogP contribution in [0, 0.1) is 22.2 Å². The molecule has 1 heterocycles. The number of carbonyl (C=O) groups is 1. The number of halogens is 1. The van der Waals surface area contributed by atoms with Gasteiger partial charge in [0.2, 0.25) is 0 Å². The number of primary amides is 1. The second kappa shape index (κ2) is 6.54. The van der Waals surface area contributed by atoms with Crippen LogP contribution in [0.1, 0.15) is 55.2 Å². The number of hydrogen-bond acceptors (Lipinski definition) is 4. The Balaban J connectivity index is 1.94. The van der Waals surface area contributed by atoms with Crippen LogP contribution in [-0.2, 0) is 0 Å². The van der Waals surface area contributed by atoms with E-state index in [1.165, 1.54) is 0 Å². The van der Waals surface area contributed by atoms with E-state index in [1.54, 1.807) is 36.5 Å². The second-order valence-electron chi connectivity index (χ2n) is 8.13. The van der Waals surface area contributed by atoms with Gasteiger partial charge in [0.15, 0.2) is 0 Å². The number of rotatable bonds is 4. The van der Waals surface area contributed by atoms with Crippen molar-refractivity contribution in [2.75, 3.05) is 0 Å². The van der Waals surface area contributed by atoms with Gasteiger partial charge in [-0.05, 0) is 24.3 Å². The van der Waals surface area contributed by atoms with Crippen molar-refractivity contribution in [1.82, 2.24) is 4.98 Å². The first-order valence-corrected chi connectivity index (χ1v) is 9.09. The molecule has 0 bridgehead atoms. The fraction of sp³-hybridized carbons (Fsp3) is 0.381. The van der Waals surface area contributed by atoms with Crippen LogP contribution in [0.5, 0.6) is 5.75 Å². The molecule has 1 aliphatic rings. The predicted octanol–water partition coefficient (Wildman–Crippen LogP) is 4.30. The van der Waals surface area contributed by atoms with Gasteiger partial charge in [0.05, 0.1) is 21.8 Å². The number of nitrogens with two attached hydrogens (primary N) is 1. The highest BCUT2D eigenvalue weighted by Crippen LogP contribution is 2.65. The quantitative estimate of drug-likeness (QED) is 0.852. The Hall–Kier alpha value is -2.58. The van der Waals surface area contributed by atoms with Crippen molar-refractivity contribution in [1.29, 1.82) is 5.26 Å². The molecule has 0 spiro atoms. The molecule has 0 unspecified atom stereocenters. The summed E-state index contributed by atoms with van der Waals surface area (Å²) in [6.07, 6.45) is 1.55. The monoisotopic (exact) mass is 383 g/mol. The van der Waals surface area contributed by atoms with Gasteiger partial charge in [0.25, 0.3) is 5.91 Å². The van der Waals surface area contributed by atoms with Gasteiger partial charge in [0, 0.05) is 29.0 Å². The summed E-state index contributed by atoms with van der Waals surface area (Å²) in [5, 5.41) is 9.39. The number of aromatic nitrogens is 1. The lowest BCUT2D eigenvalue weighted by atomic mass is 9.44. The number of carbonyl (C=O) groups excluding carboxylic acids is 1. The van der Waals surface area contributed by atoms with Gasteiger partial charge in [-0.25, -0.2) is 0 Å². The van der Waals surface area contributed by atoms with Crippen LogP contribution < -0.4 is 10.5 Å². The molecule has 6 heteroatoms. The number of pyridine rings is 1. The molecule has 1 aromatic carbocycles. The van der Waals surface area contributed by atoms with Crippen molar-refractivity contribution in [2.24, 2.45) is 16.6 Å². The molecule has 2 N–H and O–H groups in total. The minimum absolute atomic E-state index is 0.00689. The maximum absolute atomic E-state index is 11.9. The summed E-state index contributed by atoms with van der Waals surface area (Å²) in [6, 6.07) is 10.5. The van der Waals surface area contributed by atoms with Gasteiger partial charge < -0.3 is 10.5 Å². The largest absolute Gasteiger partial charge is 0.489 e. The average Bonchev–Trinajstić information content (AvgIpc) is 2.59. The molecule has 0 radical (unpaired) electrons. The lowest BCUT2D eigenvalue weighted by Crippen LogP contribution is -2.64. The normalized spacial score (nSPS) is 22.4. The fourth-order valence-corrected chi connectivity index (χ4v) is 5.00. The van der Waals surface area contributed by atoms with E-state index in [2.05, 4.69) is 32.7 Å². The van der Waals surface area contributed by atoms with E-state index in [9.17, 15) is 4.79 Å². The van der Waals surface area contributed by atoms with E-state index in [0.29, 0.717) is 27.6 Å². The first-order chi connectivity index (χ1) is 12.6. The first kappa shape index (κ1) is 19.2. The van der Waals surface area contributed by atoms with Crippen molar-refractivity contribution in [3.8, 4) is 11.8 Å². The van der Waals surface area contributed by atoms with Crippen molar-refractivity contribution < 1.29 is 9.53 Å². The Labute approximate surface area is 164 Å². The third-order valence-electron chi connectivity index (χ3n) is 5.53. The highest BCUT2D eigenvalue weighted by atomic mass is 35.5. The molecule has 3 rings (SSSR count). The van der Waals surface area contributed by atoms with Gasteiger partial charge in [-0.1, -0.05) is 39.3 Å². The van der Waals surface area contributed by atoms with Crippen LogP contribution in [0.15, 0.2) is 36.5 Å². The molecule has 140 valence electrons. The van der Waals surface area contributed by atoms with Gasteiger partial charge in [-0.3, -0.25) is 9.78 Å². The van der Waals surface area contributed by atoms with Crippen LogP contribution in [0.4, 0.5) is 0 Å². The number of hydrogen-bond donors (Lipinski definition) is 1. The lowest BCUT2D eigenvalue weighted by Gasteiger charge is -2.63. The van der Waals surface area contributed by atoms with E-state index in [0.717, 1.165) is 0 Å². The van der Waals surface area contributed by atoms with Crippen molar-refractivity contribution in [2.45, 2.75) is 39.7 Å². The number of benzene rings is 1. The van der Waals surface area contributed by atoms with Crippen LogP contribution in [0.3, 0.4) is 0 Å². The van der Waals surface area contributed by atoms with Crippen LogP contribution in [0.2, 0.25) is 5.02 Å². The van der Waals surface area contributed by atoms with Crippen LogP contribution in [0.25, 0.3) is 0 Å². The maximum atomic E-state index is 11.9. The summed E-state index contributed by atoms with van der Waals surface area (Å²) < 4.78 is 6.28. The fourth-order valence-electron chi connectivity index (χ4n) is 4.78. The Kier molecular flexibility index (Phi) is 4.65. The van der Waals surface area contributed by atoms with Crippen LogP contribution in [-0.4, -0.2) is 17.0 Å². The van der Waals surface area contributed by atoms with E-state index in [4.69, 9.17) is 27.3 Å². The van der Waals surface area contributed by atoms with E-state index < -0.39 is 5.91 Å². The Morgan fingerprint density at radius 2 is 1.93 bits per heavy atom. The molecule has 1 saturated carbocycles. The van der Waals surface area contributed by atoms with Gasteiger partial charge in [-0.2, -0.15) is 5.26 Å². The summed E-state index contributed by atoms with van der Waals surface area (Å²) in [5.41, 5.74) is 6.55. The van der Waals surface area contributed by atoms with Gasteiger partial charge in [0.1, 0.15) is 17.9 Å². The molecule has 1 aliphatic carbocycles. The van der Waals surface area contributed by atoms with Gasteiger partial charge >= 0.3 is 0 Å². The molecule has 2 aromatic rings. The number of nitriles is 1. The smallest absolute Gasteiger partial charge is 0.250 e. The molecule has 27 heavy (non-hydrogen) atoms. The molecule has 1 amide bonds. The minimum Gasteiger partial charge on any atom is -0.489 e. The highest BCUT2D eigenvalue weighted by Gasteiger charge is 2.65. The Morgan fingerprint density at radius 3 is 2.48 bits per heavy atom. The molecule has 0 aliphatic heterocycles. The van der Waals surface area contributed by atoms with E-state index in [-0.39, 0.29) is 22.9 Å². The average molecular weight is 384 g/mol. The lowest BCUT2D eigenvalue weighted by molar-refractivity contribution is -0.161. The Morgan fingerprint density at radius 1 is 1.26 bits per heavy atom. The number of ether oxygens (including phenoxy) is 1. The molecule has 1 fully saturated rings. The van der Waals surface area contributed by atoms with Crippen molar-refractivity contribution in [3.63, 3.8) is 0 Å². The summed E-state index contributed by atoms with van der Waals surface area (Å²) >= 11 is 6.13. The van der Waals surface area contributed by atoms with E-state index in [1.807, 2.05) is 6.07 Å². The standard InChI is InChI=1S/C21H22ClN3O2/c1-20(2)17(16-14(18(24)26)6-5-9-25-16)21(3,4)19(20)27-13-8-7-12(11-23)15(22)10-13/h5-10,17,19H,1-4H3,(H2,24,26). The van der Waals surface area contributed by atoms with Gasteiger partial charge in [-0.15, -0.1) is 0 Å². The maximum Gasteiger partial charge on any atom is 0.250 e. The Bertz CT molecular complexity index is 931. The number of amides is 1. The third kappa shape index (κ3) is 3.04. The molecular formula is C21H22ClN3O2. The predicted molar refractivity (Wildman–Crippen MR) is 104 cm³/mol. The summed E-state index contributed by atoms with van der Waals surface area (Å²) in [7, 11) is 0.